The molecule has 0 aromatic heterocycles. The van der Waals surface area contributed by atoms with Crippen LogP contribution in [-0.4, -0.2) is 12.4 Å². The highest BCUT2D eigenvalue weighted by molar-refractivity contribution is 5.97. The molecule has 0 aromatic rings. The first-order valence-electron chi connectivity index (χ1n) is 5.88. The third-order valence-electron chi connectivity index (χ3n) is 2.85. The summed E-state index contributed by atoms with van der Waals surface area (Å²) in [5.74, 6) is 0.698. The molecule has 0 aliphatic heterocycles. The number of aliphatic imine (C=N–C) groups is 1. The van der Waals surface area contributed by atoms with Gasteiger partial charge >= 0.3 is 0 Å². The van der Waals surface area contributed by atoms with Crippen LogP contribution >= 0.6 is 0 Å². The monoisotopic (exact) mass is 214 g/mol. The van der Waals surface area contributed by atoms with Gasteiger partial charge in [-0.2, -0.15) is 0 Å². The predicted octanol–water partition coefficient (Wildman–Crippen LogP) is 2.90. The van der Waals surface area contributed by atoms with Crippen LogP contribution in [0.1, 0.15) is 25.7 Å². The van der Waals surface area contributed by atoms with Crippen LogP contribution in [0, 0.1) is 0 Å². The van der Waals surface area contributed by atoms with E-state index in [9.17, 15) is 0 Å². The molecule has 0 saturated carbocycles. The Balaban J connectivity index is 1.96. The smallest absolute Gasteiger partial charge is 0.121 e. The minimum Gasteiger partial charge on any atom is -0.384 e. The highest BCUT2D eigenvalue weighted by Gasteiger charge is 2.04. The van der Waals surface area contributed by atoms with E-state index in [2.05, 4.69) is 41.4 Å². The second-order valence-electron chi connectivity index (χ2n) is 4.12. The van der Waals surface area contributed by atoms with E-state index in [0.29, 0.717) is 12.4 Å². The number of amidine groups is 1. The maximum Gasteiger partial charge on any atom is 0.121 e. The molecule has 0 atom stereocenters. The average molecular weight is 214 g/mol. The Bertz CT molecular complexity index is 395. The molecule has 0 heterocycles. The van der Waals surface area contributed by atoms with Crippen LogP contribution in [0.2, 0.25) is 0 Å². The highest BCUT2D eigenvalue weighted by Crippen LogP contribution is 2.13. The lowest BCUT2D eigenvalue weighted by atomic mass is 10.0. The van der Waals surface area contributed by atoms with Crippen molar-refractivity contribution >= 4 is 5.84 Å². The topological polar surface area (TPSA) is 38.4 Å². The van der Waals surface area contributed by atoms with Gasteiger partial charge in [-0.25, -0.2) is 0 Å². The normalized spacial score (nSPS) is 20.6. The number of nitrogens with zero attached hydrogens (tertiary/aromatic N) is 1. The number of rotatable bonds is 3. The molecule has 2 aliphatic carbocycles. The highest BCUT2D eigenvalue weighted by atomic mass is 14.8. The molecule has 2 N–H and O–H groups in total. The van der Waals surface area contributed by atoms with Gasteiger partial charge in [0.2, 0.25) is 0 Å². The lowest BCUT2D eigenvalue weighted by Crippen LogP contribution is -2.16. The first kappa shape index (κ1) is 10.9. The van der Waals surface area contributed by atoms with Gasteiger partial charge in [0.25, 0.3) is 0 Å². The zero-order chi connectivity index (χ0) is 11.2. The van der Waals surface area contributed by atoms with Crippen molar-refractivity contribution in [1.29, 1.82) is 0 Å². The summed E-state index contributed by atoms with van der Waals surface area (Å²) in [6.45, 7) is 0.712. The Morgan fingerprint density at radius 2 is 2.19 bits per heavy atom. The maximum atomic E-state index is 5.96. The van der Waals surface area contributed by atoms with Crippen LogP contribution in [0.25, 0.3) is 0 Å². The lowest BCUT2D eigenvalue weighted by molar-refractivity contribution is 0.981. The Kier molecular flexibility index (Phi) is 3.76. The van der Waals surface area contributed by atoms with Crippen molar-refractivity contribution in [3.05, 3.63) is 47.6 Å². The van der Waals surface area contributed by atoms with Gasteiger partial charge in [-0.05, 0) is 36.8 Å². The molecule has 2 nitrogen and oxygen atoms in total. The van der Waals surface area contributed by atoms with Crippen molar-refractivity contribution < 1.29 is 0 Å². The Morgan fingerprint density at radius 1 is 1.25 bits per heavy atom. The van der Waals surface area contributed by atoms with E-state index in [0.717, 1.165) is 25.7 Å². The third-order valence-corrected chi connectivity index (χ3v) is 2.85. The number of allylic oxidation sites excluding steroid dienone is 5. The van der Waals surface area contributed by atoms with Crippen LogP contribution in [0.15, 0.2) is 52.6 Å². The summed E-state index contributed by atoms with van der Waals surface area (Å²) in [5, 5.41) is 0. The van der Waals surface area contributed by atoms with Crippen molar-refractivity contribution in [2.45, 2.75) is 25.7 Å². The lowest BCUT2D eigenvalue weighted by Gasteiger charge is -2.09. The van der Waals surface area contributed by atoms with Crippen LogP contribution in [0.5, 0.6) is 0 Å². The minimum absolute atomic E-state index is 0.698. The zero-order valence-electron chi connectivity index (χ0n) is 9.52. The van der Waals surface area contributed by atoms with E-state index in [1.165, 1.54) is 11.1 Å². The minimum atomic E-state index is 0.698. The Hall–Kier alpha value is -1.57. The fourth-order valence-corrected chi connectivity index (χ4v) is 1.88. The molecule has 0 amide bonds. The van der Waals surface area contributed by atoms with Gasteiger partial charge < -0.3 is 5.73 Å². The third kappa shape index (κ3) is 2.96. The predicted molar refractivity (Wildman–Crippen MR) is 69.4 cm³/mol. The molecule has 0 bridgehead atoms. The van der Waals surface area contributed by atoms with E-state index in [4.69, 9.17) is 5.73 Å². The number of hydrogen-bond donors (Lipinski definition) is 1. The van der Waals surface area contributed by atoms with Gasteiger partial charge in [0.15, 0.2) is 0 Å². The summed E-state index contributed by atoms with van der Waals surface area (Å²) < 4.78 is 0. The second-order valence-corrected chi connectivity index (χ2v) is 4.12. The molecule has 0 saturated heterocycles. The Labute approximate surface area is 96.9 Å². The van der Waals surface area contributed by atoms with E-state index in [1.807, 2.05) is 0 Å². The van der Waals surface area contributed by atoms with Crippen LogP contribution in [0.4, 0.5) is 0 Å². The molecule has 0 aromatic carbocycles. The summed E-state index contributed by atoms with van der Waals surface area (Å²) in [7, 11) is 0. The van der Waals surface area contributed by atoms with Crippen molar-refractivity contribution in [3.8, 4) is 0 Å². The molecule has 0 fully saturated rings. The first-order chi connectivity index (χ1) is 7.86. The molecule has 16 heavy (non-hydrogen) atoms. The molecule has 2 rings (SSSR count). The maximum absolute atomic E-state index is 5.96. The Morgan fingerprint density at radius 3 is 2.88 bits per heavy atom. The van der Waals surface area contributed by atoms with Crippen molar-refractivity contribution in [2.24, 2.45) is 10.7 Å². The largest absolute Gasteiger partial charge is 0.384 e. The van der Waals surface area contributed by atoms with E-state index >= 15 is 0 Å². The van der Waals surface area contributed by atoms with Gasteiger partial charge in [0.1, 0.15) is 5.84 Å². The standard InChI is InChI=1S/C14H18N2/c15-14(13-9-5-2-6-10-13)16-11-12-7-3-1-4-8-12/h2-3,5,7-9H,1,4,6,10-11H2,(H2,15,16). The van der Waals surface area contributed by atoms with Gasteiger partial charge in [0.05, 0.1) is 6.54 Å². The van der Waals surface area contributed by atoms with E-state index in [1.54, 1.807) is 0 Å². The van der Waals surface area contributed by atoms with E-state index < -0.39 is 0 Å². The molecular weight excluding hydrogens is 196 g/mol. The fourth-order valence-electron chi connectivity index (χ4n) is 1.88. The average Bonchev–Trinajstić information content (AvgIpc) is 2.38. The van der Waals surface area contributed by atoms with Crippen LogP contribution < -0.4 is 5.73 Å². The summed E-state index contributed by atoms with van der Waals surface area (Å²) >= 11 is 0. The first-order valence-corrected chi connectivity index (χ1v) is 5.88. The van der Waals surface area contributed by atoms with Gasteiger partial charge in [-0.3, -0.25) is 4.99 Å². The van der Waals surface area contributed by atoms with Crippen molar-refractivity contribution in [2.75, 3.05) is 6.54 Å². The SMILES string of the molecule is NC(=NCC1=CCCC=C1)C1=CC=CCC1. The van der Waals surface area contributed by atoms with Crippen LogP contribution in [-0.2, 0) is 0 Å². The van der Waals surface area contributed by atoms with E-state index in [-0.39, 0.29) is 0 Å². The molecule has 2 aliphatic rings. The molecular formula is C14H18N2. The summed E-state index contributed by atoms with van der Waals surface area (Å²) in [6.07, 6.45) is 17.2. The second kappa shape index (κ2) is 5.50. The van der Waals surface area contributed by atoms with Crippen molar-refractivity contribution in [1.82, 2.24) is 0 Å². The quantitative estimate of drug-likeness (QED) is 0.569. The van der Waals surface area contributed by atoms with Crippen LogP contribution in [0.3, 0.4) is 0 Å². The summed E-state index contributed by atoms with van der Waals surface area (Å²) in [6, 6.07) is 0. The van der Waals surface area contributed by atoms with Gasteiger partial charge in [0, 0.05) is 0 Å². The summed E-state index contributed by atoms with van der Waals surface area (Å²) in [4.78, 5) is 4.44. The number of hydrogen-bond acceptors (Lipinski definition) is 1. The molecule has 0 radical (unpaired) electrons. The number of nitrogens with two attached hydrogens (primary N) is 1. The van der Waals surface area contributed by atoms with Gasteiger partial charge in [-0.15, -0.1) is 0 Å². The fraction of sp³-hybridized carbons (Fsp3) is 0.357. The molecule has 2 heteroatoms. The molecule has 84 valence electrons. The molecule has 0 unspecified atom stereocenters. The van der Waals surface area contributed by atoms with Crippen molar-refractivity contribution in [3.63, 3.8) is 0 Å². The van der Waals surface area contributed by atoms with Gasteiger partial charge in [-0.1, -0.05) is 36.5 Å². The molecule has 0 spiro atoms. The summed E-state index contributed by atoms with van der Waals surface area (Å²) in [5.41, 5.74) is 8.41. The zero-order valence-corrected chi connectivity index (χ0v) is 9.52.